The van der Waals surface area contributed by atoms with Crippen LogP contribution in [0.1, 0.15) is 15.9 Å². The second-order valence-corrected chi connectivity index (χ2v) is 8.05. The van der Waals surface area contributed by atoms with Crippen molar-refractivity contribution in [2.45, 2.75) is 0 Å². The van der Waals surface area contributed by atoms with E-state index in [1.165, 1.54) is 6.21 Å². The molecule has 0 saturated carbocycles. The highest BCUT2D eigenvalue weighted by molar-refractivity contribution is 9.10. The number of ether oxygens (including phenoxy) is 1. The summed E-state index contributed by atoms with van der Waals surface area (Å²) in [5.41, 5.74) is 4.60. The van der Waals surface area contributed by atoms with Crippen molar-refractivity contribution in [3.05, 3.63) is 107 Å². The zero-order valence-electron chi connectivity index (χ0n) is 17.5. The average Bonchev–Trinajstić information content (AvgIpc) is 2.84. The normalized spacial score (nSPS) is 10.8. The van der Waals surface area contributed by atoms with Crippen molar-refractivity contribution in [2.75, 3.05) is 11.9 Å². The van der Waals surface area contributed by atoms with E-state index in [-0.39, 0.29) is 12.5 Å². The zero-order chi connectivity index (χ0) is 23.0. The minimum Gasteiger partial charge on any atom is -0.423 e. The van der Waals surface area contributed by atoms with Crippen LogP contribution in [0, 0.1) is 0 Å². The molecule has 0 aromatic heterocycles. The summed E-state index contributed by atoms with van der Waals surface area (Å²) < 4.78 is 6.25. The summed E-state index contributed by atoms with van der Waals surface area (Å²) in [7, 11) is 0. The lowest BCUT2D eigenvalue weighted by Crippen LogP contribution is -2.25. The highest BCUT2D eigenvalue weighted by atomic mass is 79.9. The molecule has 1 amide bonds. The highest BCUT2D eigenvalue weighted by Crippen LogP contribution is 2.22. The third-order valence-electron chi connectivity index (χ3n) is 4.80. The molecular weight excluding hydrogens is 482 g/mol. The van der Waals surface area contributed by atoms with Gasteiger partial charge < -0.3 is 10.1 Å². The summed E-state index contributed by atoms with van der Waals surface area (Å²) >= 11 is 3.33. The predicted molar refractivity (Wildman–Crippen MR) is 134 cm³/mol. The summed E-state index contributed by atoms with van der Waals surface area (Å²) in [4.78, 5) is 24.3. The van der Waals surface area contributed by atoms with Crippen LogP contribution in [0.5, 0.6) is 5.75 Å². The lowest BCUT2D eigenvalue weighted by atomic mass is 10.1. The SMILES string of the molecule is O=C(CNc1cccc2ccccc12)N/N=C\c1ccc(OC(=O)c2ccc(Br)cc2)cc1. The summed E-state index contributed by atoms with van der Waals surface area (Å²) in [6, 6.07) is 27.6. The number of fused-ring (bicyclic) bond motifs is 1. The average molecular weight is 502 g/mol. The van der Waals surface area contributed by atoms with Crippen molar-refractivity contribution in [3.63, 3.8) is 0 Å². The largest absolute Gasteiger partial charge is 0.423 e. The molecule has 0 aliphatic carbocycles. The number of benzene rings is 4. The monoisotopic (exact) mass is 501 g/mol. The van der Waals surface area contributed by atoms with Gasteiger partial charge >= 0.3 is 5.97 Å². The summed E-state index contributed by atoms with van der Waals surface area (Å²) in [6.45, 7) is 0.0935. The number of hydrazone groups is 1. The number of carbonyl (C=O) groups excluding carboxylic acids is 2. The molecule has 0 heterocycles. The number of hydrogen-bond acceptors (Lipinski definition) is 5. The number of esters is 1. The van der Waals surface area contributed by atoms with Gasteiger partial charge in [-0.3, -0.25) is 4.79 Å². The van der Waals surface area contributed by atoms with Gasteiger partial charge in [0.1, 0.15) is 5.75 Å². The fourth-order valence-corrected chi connectivity index (χ4v) is 3.41. The number of carbonyl (C=O) groups is 2. The standard InChI is InChI=1S/C26H20BrN3O3/c27-21-12-10-20(11-13-21)26(32)33-22-14-8-18(9-15-22)16-29-30-25(31)17-28-24-7-3-5-19-4-1-2-6-23(19)24/h1-16,28H,17H2,(H,30,31)/b29-16-. The topological polar surface area (TPSA) is 79.8 Å². The van der Waals surface area contributed by atoms with E-state index in [1.807, 2.05) is 42.5 Å². The van der Waals surface area contributed by atoms with Crippen LogP contribution in [-0.2, 0) is 4.79 Å². The smallest absolute Gasteiger partial charge is 0.343 e. The number of halogens is 1. The first-order valence-corrected chi connectivity index (χ1v) is 11.0. The van der Waals surface area contributed by atoms with Gasteiger partial charge in [0.2, 0.25) is 0 Å². The molecule has 0 fully saturated rings. The van der Waals surface area contributed by atoms with Crippen LogP contribution in [0.4, 0.5) is 5.69 Å². The predicted octanol–water partition coefficient (Wildman–Crippen LogP) is 5.38. The van der Waals surface area contributed by atoms with Crippen LogP contribution in [0.2, 0.25) is 0 Å². The van der Waals surface area contributed by atoms with Crippen LogP contribution in [0.15, 0.2) is 101 Å². The van der Waals surface area contributed by atoms with Gasteiger partial charge in [0.05, 0.1) is 18.3 Å². The fraction of sp³-hybridized carbons (Fsp3) is 0.0385. The molecule has 0 radical (unpaired) electrons. The van der Waals surface area contributed by atoms with Crippen LogP contribution in [-0.4, -0.2) is 24.6 Å². The molecule has 2 N–H and O–H groups in total. The highest BCUT2D eigenvalue weighted by Gasteiger charge is 2.08. The molecule has 33 heavy (non-hydrogen) atoms. The molecule has 0 saturated heterocycles. The van der Waals surface area contributed by atoms with Crippen molar-refractivity contribution < 1.29 is 14.3 Å². The molecule has 0 aliphatic rings. The molecular formula is C26H20BrN3O3. The van der Waals surface area contributed by atoms with E-state index >= 15 is 0 Å². The molecule has 0 atom stereocenters. The Labute approximate surface area is 199 Å². The van der Waals surface area contributed by atoms with Gasteiger partial charge in [0.25, 0.3) is 5.91 Å². The van der Waals surface area contributed by atoms with E-state index in [4.69, 9.17) is 4.74 Å². The second-order valence-electron chi connectivity index (χ2n) is 7.14. The molecule has 0 bridgehead atoms. The van der Waals surface area contributed by atoms with Crippen molar-refractivity contribution in [3.8, 4) is 5.75 Å². The Balaban J connectivity index is 1.27. The van der Waals surface area contributed by atoms with Crippen molar-refractivity contribution in [1.29, 1.82) is 0 Å². The van der Waals surface area contributed by atoms with E-state index in [9.17, 15) is 9.59 Å². The van der Waals surface area contributed by atoms with Gasteiger partial charge in [-0.05, 0) is 65.5 Å². The Bertz CT molecular complexity index is 1300. The number of amides is 1. The van der Waals surface area contributed by atoms with E-state index in [2.05, 4.69) is 31.8 Å². The first-order chi connectivity index (χ1) is 16.1. The first kappa shape index (κ1) is 22.2. The number of nitrogens with zero attached hydrogens (tertiary/aromatic N) is 1. The quantitative estimate of drug-likeness (QED) is 0.154. The van der Waals surface area contributed by atoms with Gasteiger partial charge in [0, 0.05) is 15.5 Å². The van der Waals surface area contributed by atoms with Gasteiger partial charge in [0.15, 0.2) is 0 Å². The maximum Gasteiger partial charge on any atom is 0.343 e. The number of rotatable bonds is 7. The van der Waals surface area contributed by atoms with Crippen LogP contribution < -0.4 is 15.5 Å². The maximum atomic E-state index is 12.2. The molecule has 164 valence electrons. The molecule has 6 nitrogen and oxygen atoms in total. The van der Waals surface area contributed by atoms with Gasteiger partial charge in [-0.1, -0.05) is 52.3 Å². The third kappa shape index (κ3) is 6.05. The van der Waals surface area contributed by atoms with Crippen LogP contribution in [0.25, 0.3) is 10.8 Å². The van der Waals surface area contributed by atoms with Gasteiger partial charge in [-0.2, -0.15) is 5.10 Å². The summed E-state index contributed by atoms with van der Waals surface area (Å²) in [6.07, 6.45) is 1.52. The molecule has 7 heteroatoms. The Morgan fingerprint density at radius 3 is 2.39 bits per heavy atom. The molecule has 0 aliphatic heterocycles. The Morgan fingerprint density at radius 1 is 0.879 bits per heavy atom. The van der Waals surface area contributed by atoms with E-state index in [0.717, 1.165) is 26.5 Å². The molecule has 0 unspecified atom stereocenters. The van der Waals surface area contributed by atoms with E-state index in [1.54, 1.807) is 48.5 Å². The Morgan fingerprint density at radius 2 is 1.61 bits per heavy atom. The first-order valence-electron chi connectivity index (χ1n) is 10.2. The van der Waals surface area contributed by atoms with Gasteiger partial charge in [-0.15, -0.1) is 0 Å². The Hall–Kier alpha value is -3.97. The van der Waals surface area contributed by atoms with Crippen molar-refractivity contribution in [2.24, 2.45) is 5.10 Å². The number of anilines is 1. The fourth-order valence-electron chi connectivity index (χ4n) is 3.15. The lowest BCUT2D eigenvalue weighted by Gasteiger charge is -2.08. The summed E-state index contributed by atoms with van der Waals surface area (Å²) in [5.74, 6) is -0.280. The number of nitrogens with one attached hydrogen (secondary N) is 2. The Kier molecular flexibility index (Phi) is 7.12. The van der Waals surface area contributed by atoms with E-state index < -0.39 is 5.97 Å². The third-order valence-corrected chi connectivity index (χ3v) is 5.33. The minimum absolute atomic E-state index is 0.0935. The number of hydrogen-bond donors (Lipinski definition) is 2. The van der Waals surface area contributed by atoms with Crippen LogP contribution >= 0.6 is 15.9 Å². The van der Waals surface area contributed by atoms with Gasteiger partial charge in [-0.25, -0.2) is 10.2 Å². The minimum atomic E-state index is -0.435. The molecule has 0 spiro atoms. The summed E-state index contributed by atoms with van der Waals surface area (Å²) in [5, 5.41) is 9.28. The second kappa shape index (κ2) is 10.6. The molecule has 4 rings (SSSR count). The van der Waals surface area contributed by atoms with Crippen molar-refractivity contribution >= 4 is 50.5 Å². The lowest BCUT2D eigenvalue weighted by molar-refractivity contribution is -0.119. The molecule has 4 aromatic rings. The zero-order valence-corrected chi connectivity index (χ0v) is 19.1. The van der Waals surface area contributed by atoms with Crippen LogP contribution in [0.3, 0.4) is 0 Å². The van der Waals surface area contributed by atoms with E-state index in [0.29, 0.717) is 11.3 Å². The van der Waals surface area contributed by atoms with Crippen molar-refractivity contribution in [1.82, 2.24) is 5.43 Å². The molecule has 4 aromatic carbocycles. The maximum absolute atomic E-state index is 12.2.